The van der Waals surface area contributed by atoms with Gasteiger partial charge in [-0.1, -0.05) is 31.5 Å². The zero-order chi connectivity index (χ0) is 17.1. The lowest BCUT2D eigenvalue weighted by Crippen LogP contribution is -2.40. The minimum atomic E-state index is -0.385. The van der Waals surface area contributed by atoms with Crippen LogP contribution in [0.4, 0.5) is 5.69 Å². The number of aromatic nitrogens is 4. The van der Waals surface area contributed by atoms with Crippen LogP contribution < -0.4 is 16.6 Å². The number of unbranched alkanes of at least 4 members (excludes halogenated alkanes) is 1. The smallest absolute Gasteiger partial charge is 0.333 e. The van der Waals surface area contributed by atoms with Crippen LogP contribution in [-0.4, -0.2) is 19.1 Å². The fourth-order valence-electron chi connectivity index (χ4n) is 2.63. The van der Waals surface area contributed by atoms with Gasteiger partial charge in [-0.25, -0.2) is 14.3 Å². The number of aryl methyl sites for hydroxylation is 2. The van der Waals surface area contributed by atoms with E-state index in [4.69, 9.17) is 0 Å². The molecule has 0 bridgehead atoms. The molecule has 24 heavy (non-hydrogen) atoms. The summed E-state index contributed by atoms with van der Waals surface area (Å²) < 4.78 is 2.59. The number of anilines is 1. The Morgan fingerprint density at radius 2 is 1.96 bits per heavy atom. The van der Waals surface area contributed by atoms with E-state index >= 15 is 0 Å². The van der Waals surface area contributed by atoms with E-state index in [-0.39, 0.29) is 17.9 Å². The number of hydrogen-bond acceptors (Lipinski definition) is 4. The lowest BCUT2D eigenvalue weighted by molar-refractivity contribution is 0.645. The van der Waals surface area contributed by atoms with Gasteiger partial charge in [-0.2, -0.15) is 0 Å². The van der Waals surface area contributed by atoms with Crippen LogP contribution >= 0.6 is 0 Å². The number of hydrogen-bond donors (Lipinski definition) is 2. The Morgan fingerprint density at radius 3 is 2.67 bits per heavy atom. The molecule has 0 aliphatic rings. The molecule has 3 aromatic rings. The van der Waals surface area contributed by atoms with E-state index in [9.17, 15) is 9.59 Å². The molecule has 0 aliphatic carbocycles. The van der Waals surface area contributed by atoms with Crippen molar-refractivity contribution < 1.29 is 0 Å². The summed E-state index contributed by atoms with van der Waals surface area (Å²) in [4.78, 5) is 32.6. The Balaban J connectivity index is 1.99. The second-order valence-corrected chi connectivity index (χ2v) is 5.76. The molecule has 7 nitrogen and oxygen atoms in total. The molecule has 0 radical (unpaired) electrons. The zero-order valence-corrected chi connectivity index (χ0v) is 13.9. The van der Waals surface area contributed by atoms with Crippen LogP contribution in [0.2, 0.25) is 0 Å². The Kier molecular flexibility index (Phi) is 4.50. The molecule has 0 amide bonds. The summed E-state index contributed by atoms with van der Waals surface area (Å²) in [5.41, 5.74) is 0.890. The van der Waals surface area contributed by atoms with E-state index in [0.717, 1.165) is 30.8 Å². The summed E-state index contributed by atoms with van der Waals surface area (Å²) >= 11 is 0. The molecule has 0 spiro atoms. The maximum atomic E-state index is 12.6. The topological polar surface area (TPSA) is 84.7 Å². The fraction of sp³-hybridized carbons (Fsp3) is 0.353. The molecule has 1 aromatic carbocycles. The third-order valence-electron chi connectivity index (χ3n) is 4.01. The summed E-state index contributed by atoms with van der Waals surface area (Å²) in [6.07, 6.45) is 2.79. The summed E-state index contributed by atoms with van der Waals surface area (Å²) in [7, 11) is 1.63. The van der Waals surface area contributed by atoms with Crippen molar-refractivity contribution in [3.05, 3.63) is 57.0 Å². The van der Waals surface area contributed by atoms with E-state index in [1.54, 1.807) is 7.05 Å². The van der Waals surface area contributed by atoms with Gasteiger partial charge in [0, 0.05) is 19.2 Å². The van der Waals surface area contributed by atoms with Crippen LogP contribution in [0.5, 0.6) is 0 Å². The van der Waals surface area contributed by atoms with Crippen molar-refractivity contribution >= 4 is 16.9 Å². The standard InChI is InChI=1S/C17H21N5O2/c1-3-4-10-13-19-14-15(20-13)21(2)17(24)22(16(14)23)11-18-12-8-6-5-7-9-12/h5-9,18H,3-4,10-11H2,1-2H3,(H,19,20). The predicted molar refractivity (Wildman–Crippen MR) is 94.3 cm³/mol. The first-order chi connectivity index (χ1) is 11.6. The highest BCUT2D eigenvalue weighted by molar-refractivity contribution is 5.69. The Morgan fingerprint density at radius 1 is 1.21 bits per heavy atom. The summed E-state index contributed by atoms with van der Waals surface area (Å²) in [6, 6.07) is 9.45. The molecular formula is C17H21N5O2. The number of nitrogens with one attached hydrogen (secondary N) is 2. The number of benzene rings is 1. The Labute approximate surface area is 139 Å². The fourth-order valence-corrected chi connectivity index (χ4v) is 2.63. The number of nitrogens with zero attached hydrogens (tertiary/aromatic N) is 3. The SMILES string of the molecule is CCCCc1nc2c([nH]1)c(=O)n(CNc1ccccc1)c(=O)n2C. The highest BCUT2D eigenvalue weighted by Crippen LogP contribution is 2.08. The van der Waals surface area contributed by atoms with Crippen molar-refractivity contribution in [2.45, 2.75) is 32.9 Å². The third-order valence-corrected chi connectivity index (χ3v) is 4.01. The molecule has 0 fully saturated rings. The van der Waals surface area contributed by atoms with E-state index in [2.05, 4.69) is 22.2 Å². The van der Waals surface area contributed by atoms with Gasteiger partial charge in [0.05, 0.1) is 0 Å². The van der Waals surface area contributed by atoms with Gasteiger partial charge in [-0.05, 0) is 18.6 Å². The minimum Gasteiger partial charge on any atom is -0.367 e. The molecule has 3 rings (SSSR count). The first-order valence-electron chi connectivity index (χ1n) is 8.09. The largest absolute Gasteiger partial charge is 0.367 e. The van der Waals surface area contributed by atoms with Gasteiger partial charge in [0.2, 0.25) is 0 Å². The molecule has 0 unspecified atom stereocenters. The quantitative estimate of drug-likeness (QED) is 0.723. The van der Waals surface area contributed by atoms with E-state index in [0.29, 0.717) is 11.2 Å². The first-order valence-corrected chi connectivity index (χ1v) is 8.09. The lowest BCUT2D eigenvalue weighted by atomic mass is 10.2. The second kappa shape index (κ2) is 6.74. The monoisotopic (exact) mass is 327 g/mol. The van der Waals surface area contributed by atoms with Crippen LogP contribution in [0, 0.1) is 0 Å². The number of H-pyrrole nitrogens is 1. The van der Waals surface area contributed by atoms with Crippen LogP contribution in [0.3, 0.4) is 0 Å². The first kappa shape index (κ1) is 16.0. The zero-order valence-electron chi connectivity index (χ0n) is 13.9. The number of aromatic amines is 1. The van der Waals surface area contributed by atoms with Crippen molar-refractivity contribution in [2.75, 3.05) is 5.32 Å². The van der Waals surface area contributed by atoms with Crippen molar-refractivity contribution in [3.8, 4) is 0 Å². The van der Waals surface area contributed by atoms with E-state index in [1.165, 1.54) is 9.13 Å². The molecular weight excluding hydrogens is 306 g/mol. The van der Waals surface area contributed by atoms with Gasteiger partial charge in [0.15, 0.2) is 5.65 Å². The maximum Gasteiger partial charge on any atom is 0.333 e. The molecule has 0 atom stereocenters. The predicted octanol–water partition coefficient (Wildman–Crippen LogP) is 1.84. The van der Waals surface area contributed by atoms with Crippen molar-refractivity contribution in [1.29, 1.82) is 0 Å². The van der Waals surface area contributed by atoms with Gasteiger partial charge < -0.3 is 10.3 Å². The average Bonchev–Trinajstić information content (AvgIpc) is 3.03. The Bertz CT molecular complexity index is 953. The third kappa shape index (κ3) is 2.97. The van der Waals surface area contributed by atoms with E-state index in [1.807, 2.05) is 30.3 Å². The van der Waals surface area contributed by atoms with Crippen molar-refractivity contribution in [1.82, 2.24) is 19.1 Å². The molecule has 2 aromatic heterocycles. The molecule has 7 heteroatoms. The highest BCUT2D eigenvalue weighted by Gasteiger charge is 2.15. The normalized spacial score (nSPS) is 11.1. The van der Waals surface area contributed by atoms with Crippen molar-refractivity contribution in [3.63, 3.8) is 0 Å². The number of para-hydroxylation sites is 1. The van der Waals surface area contributed by atoms with Gasteiger partial charge in [-0.3, -0.25) is 9.36 Å². The van der Waals surface area contributed by atoms with Crippen LogP contribution in [0.1, 0.15) is 25.6 Å². The lowest BCUT2D eigenvalue weighted by Gasteiger charge is -2.10. The molecule has 0 saturated heterocycles. The maximum absolute atomic E-state index is 12.6. The summed E-state index contributed by atoms with van der Waals surface area (Å²) in [5, 5.41) is 3.09. The van der Waals surface area contributed by atoms with E-state index < -0.39 is 0 Å². The highest BCUT2D eigenvalue weighted by atomic mass is 16.2. The summed E-state index contributed by atoms with van der Waals surface area (Å²) in [5.74, 6) is 0.743. The van der Waals surface area contributed by atoms with Crippen LogP contribution in [0.15, 0.2) is 39.9 Å². The number of fused-ring (bicyclic) bond motifs is 1. The van der Waals surface area contributed by atoms with Crippen LogP contribution in [-0.2, 0) is 20.1 Å². The second-order valence-electron chi connectivity index (χ2n) is 5.76. The van der Waals surface area contributed by atoms with Gasteiger partial charge in [-0.15, -0.1) is 0 Å². The number of imidazole rings is 1. The minimum absolute atomic E-state index is 0.106. The molecule has 2 N–H and O–H groups in total. The molecule has 126 valence electrons. The summed E-state index contributed by atoms with van der Waals surface area (Å²) in [6.45, 7) is 2.20. The van der Waals surface area contributed by atoms with Gasteiger partial charge in [0.25, 0.3) is 5.56 Å². The van der Waals surface area contributed by atoms with Crippen molar-refractivity contribution in [2.24, 2.45) is 7.05 Å². The van der Waals surface area contributed by atoms with Gasteiger partial charge in [0.1, 0.15) is 18.0 Å². The average molecular weight is 327 g/mol. The van der Waals surface area contributed by atoms with Crippen LogP contribution in [0.25, 0.3) is 11.2 Å². The Hall–Kier alpha value is -2.83. The molecule has 0 saturated carbocycles. The van der Waals surface area contributed by atoms with Gasteiger partial charge >= 0.3 is 5.69 Å². The molecule has 2 heterocycles. The number of rotatable bonds is 6. The molecule has 0 aliphatic heterocycles.